The summed E-state index contributed by atoms with van der Waals surface area (Å²) < 4.78 is 5.57. The summed E-state index contributed by atoms with van der Waals surface area (Å²) in [5, 5.41) is 3.94. The van der Waals surface area contributed by atoms with E-state index in [0.29, 0.717) is 37.6 Å². The maximum absolute atomic E-state index is 13.4. The van der Waals surface area contributed by atoms with Crippen LogP contribution in [0.4, 0.5) is 0 Å². The van der Waals surface area contributed by atoms with E-state index in [2.05, 4.69) is 35.3 Å². The molecule has 1 fully saturated rings. The zero-order valence-electron chi connectivity index (χ0n) is 16.9. The second-order valence-electron chi connectivity index (χ2n) is 7.81. The van der Waals surface area contributed by atoms with Crippen LogP contribution in [0.5, 0.6) is 0 Å². The van der Waals surface area contributed by atoms with Crippen molar-refractivity contribution in [1.82, 2.24) is 10.2 Å². The molecule has 4 nitrogen and oxygen atoms in total. The minimum atomic E-state index is -0.532. The summed E-state index contributed by atoms with van der Waals surface area (Å²) in [4.78, 5) is 15.6. The number of rotatable bonds is 6. The summed E-state index contributed by atoms with van der Waals surface area (Å²) in [5.41, 5.74) is 2.81. The van der Waals surface area contributed by atoms with Crippen LogP contribution < -0.4 is 5.32 Å². The number of ether oxygens (including phenoxy) is 1. The smallest absolute Gasteiger partial charge is 0.230 e. The third-order valence-electron chi connectivity index (χ3n) is 5.66. The largest absolute Gasteiger partial charge is 0.381 e. The first kappa shape index (κ1) is 20.8. The molecule has 28 heavy (non-hydrogen) atoms. The van der Waals surface area contributed by atoms with E-state index in [-0.39, 0.29) is 11.9 Å². The average Bonchev–Trinajstić information content (AvgIpc) is 2.68. The highest BCUT2D eigenvalue weighted by Gasteiger charge is 2.41. The van der Waals surface area contributed by atoms with Gasteiger partial charge in [0.15, 0.2) is 0 Å². The quantitative estimate of drug-likeness (QED) is 0.793. The van der Waals surface area contributed by atoms with Crippen molar-refractivity contribution in [3.8, 4) is 0 Å². The molecule has 0 saturated carbocycles. The molecule has 3 rings (SSSR count). The molecule has 1 amide bonds. The van der Waals surface area contributed by atoms with Gasteiger partial charge in [0.2, 0.25) is 5.91 Å². The molecule has 0 radical (unpaired) electrons. The fourth-order valence-electron chi connectivity index (χ4n) is 3.98. The van der Waals surface area contributed by atoms with Gasteiger partial charge in [-0.3, -0.25) is 4.79 Å². The Morgan fingerprint density at radius 3 is 2.54 bits per heavy atom. The van der Waals surface area contributed by atoms with Crippen LogP contribution in [-0.2, 0) is 14.9 Å². The Kier molecular flexibility index (Phi) is 6.76. The lowest BCUT2D eigenvalue weighted by Crippen LogP contribution is -2.49. The van der Waals surface area contributed by atoms with Crippen molar-refractivity contribution in [3.05, 3.63) is 70.2 Å². The summed E-state index contributed by atoms with van der Waals surface area (Å²) in [6.45, 7) is 3.80. The predicted molar refractivity (Wildman–Crippen MR) is 114 cm³/mol. The summed E-state index contributed by atoms with van der Waals surface area (Å²) in [5.74, 6) is 0.0790. The molecule has 1 aliphatic rings. The number of aryl methyl sites for hydroxylation is 1. The SMILES string of the molecule is Cc1cccc(C2(C(=O)NC[C@H](c3cccc(Cl)c3)N(C)C)CCOCC2)c1. The molecule has 2 aromatic rings. The van der Waals surface area contributed by atoms with Crippen LogP contribution in [0.1, 0.15) is 35.6 Å². The van der Waals surface area contributed by atoms with E-state index in [1.807, 2.05) is 44.4 Å². The Bertz CT molecular complexity index is 816. The van der Waals surface area contributed by atoms with E-state index in [1.165, 1.54) is 5.56 Å². The van der Waals surface area contributed by atoms with Gasteiger partial charge < -0.3 is 15.0 Å². The molecule has 150 valence electrons. The molecule has 0 aliphatic carbocycles. The average molecular weight is 401 g/mol. The van der Waals surface area contributed by atoms with Crippen LogP contribution in [0.3, 0.4) is 0 Å². The number of benzene rings is 2. The fraction of sp³-hybridized carbons (Fsp3) is 0.435. The Morgan fingerprint density at radius 2 is 1.89 bits per heavy atom. The molecule has 1 heterocycles. The van der Waals surface area contributed by atoms with Crippen molar-refractivity contribution in [2.75, 3.05) is 33.9 Å². The number of hydrogen-bond donors (Lipinski definition) is 1. The van der Waals surface area contributed by atoms with Gasteiger partial charge >= 0.3 is 0 Å². The molecular formula is C23H29ClN2O2. The molecule has 1 N–H and O–H groups in total. The number of carbonyl (C=O) groups is 1. The number of amides is 1. The van der Waals surface area contributed by atoms with Crippen LogP contribution in [0.2, 0.25) is 5.02 Å². The van der Waals surface area contributed by atoms with Gasteiger partial charge in [0.25, 0.3) is 0 Å². The Labute approximate surface area is 172 Å². The molecule has 1 aliphatic heterocycles. The number of carbonyl (C=O) groups excluding carboxylic acids is 1. The maximum Gasteiger partial charge on any atom is 0.230 e. The summed E-state index contributed by atoms with van der Waals surface area (Å²) >= 11 is 6.18. The van der Waals surface area contributed by atoms with Crippen molar-refractivity contribution in [2.45, 2.75) is 31.2 Å². The fourth-order valence-corrected chi connectivity index (χ4v) is 4.18. The van der Waals surface area contributed by atoms with Gasteiger partial charge in [-0.25, -0.2) is 0 Å². The second-order valence-corrected chi connectivity index (χ2v) is 8.24. The molecule has 0 unspecified atom stereocenters. The van der Waals surface area contributed by atoms with Crippen molar-refractivity contribution < 1.29 is 9.53 Å². The van der Waals surface area contributed by atoms with Crippen molar-refractivity contribution in [1.29, 1.82) is 0 Å². The van der Waals surface area contributed by atoms with Gasteiger partial charge in [0.1, 0.15) is 0 Å². The first-order valence-electron chi connectivity index (χ1n) is 9.77. The van der Waals surface area contributed by atoms with E-state index < -0.39 is 5.41 Å². The lowest BCUT2D eigenvalue weighted by atomic mass is 9.73. The third kappa shape index (κ3) is 4.57. The van der Waals surface area contributed by atoms with Crippen LogP contribution >= 0.6 is 11.6 Å². The van der Waals surface area contributed by atoms with E-state index in [1.54, 1.807) is 0 Å². The third-order valence-corrected chi connectivity index (χ3v) is 5.90. The van der Waals surface area contributed by atoms with E-state index >= 15 is 0 Å². The molecule has 2 aromatic carbocycles. The standard InChI is InChI=1S/C23H29ClN2O2/c1-17-6-4-8-19(14-17)23(10-12-28-13-11-23)22(27)25-16-21(26(2)3)18-7-5-9-20(24)15-18/h4-9,14-15,21H,10-13,16H2,1-3H3,(H,25,27)/t21-/m1/s1. The van der Waals surface area contributed by atoms with Crippen LogP contribution in [0, 0.1) is 6.92 Å². The Hall–Kier alpha value is -1.88. The molecule has 5 heteroatoms. The number of halogens is 1. The van der Waals surface area contributed by atoms with E-state index in [4.69, 9.17) is 16.3 Å². The Morgan fingerprint density at radius 1 is 1.18 bits per heavy atom. The van der Waals surface area contributed by atoms with Crippen LogP contribution in [-0.4, -0.2) is 44.7 Å². The van der Waals surface area contributed by atoms with Gasteiger partial charge in [-0.2, -0.15) is 0 Å². The van der Waals surface area contributed by atoms with Gasteiger partial charge in [-0.05, 0) is 57.1 Å². The van der Waals surface area contributed by atoms with E-state index in [0.717, 1.165) is 11.1 Å². The first-order valence-corrected chi connectivity index (χ1v) is 10.2. The van der Waals surface area contributed by atoms with E-state index in [9.17, 15) is 4.79 Å². The lowest BCUT2D eigenvalue weighted by Gasteiger charge is -2.37. The highest BCUT2D eigenvalue weighted by atomic mass is 35.5. The first-order chi connectivity index (χ1) is 13.4. The minimum absolute atomic E-state index is 0.0528. The predicted octanol–water partition coefficient (Wildman–Crippen LogP) is 4.12. The lowest BCUT2D eigenvalue weighted by molar-refractivity contribution is -0.130. The zero-order valence-corrected chi connectivity index (χ0v) is 17.6. The summed E-state index contributed by atoms with van der Waals surface area (Å²) in [6.07, 6.45) is 1.40. The van der Waals surface area contributed by atoms with Gasteiger partial charge in [0.05, 0.1) is 11.5 Å². The number of nitrogens with zero attached hydrogens (tertiary/aromatic N) is 1. The normalized spacial score (nSPS) is 17.3. The van der Waals surface area contributed by atoms with Crippen molar-refractivity contribution in [2.24, 2.45) is 0 Å². The number of nitrogens with one attached hydrogen (secondary N) is 1. The van der Waals surface area contributed by atoms with Crippen LogP contribution in [0.15, 0.2) is 48.5 Å². The van der Waals surface area contributed by atoms with Crippen LogP contribution in [0.25, 0.3) is 0 Å². The monoisotopic (exact) mass is 400 g/mol. The molecule has 0 aromatic heterocycles. The highest BCUT2D eigenvalue weighted by Crippen LogP contribution is 2.36. The number of likely N-dealkylation sites (N-methyl/N-ethyl adjacent to an activating group) is 1. The van der Waals surface area contributed by atoms with Crippen molar-refractivity contribution >= 4 is 17.5 Å². The highest BCUT2D eigenvalue weighted by molar-refractivity contribution is 6.30. The maximum atomic E-state index is 13.4. The molecular weight excluding hydrogens is 372 g/mol. The minimum Gasteiger partial charge on any atom is -0.381 e. The molecule has 0 spiro atoms. The molecule has 1 saturated heterocycles. The second kappa shape index (κ2) is 9.08. The summed E-state index contributed by atoms with van der Waals surface area (Å²) in [6, 6.07) is 16.2. The summed E-state index contributed by atoms with van der Waals surface area (Å²) in [7, 11) is 4.03. The van der Waals surface area contributed by atoms with Gasteiger partial charge in [-0.1, -0.05) is 53.6 Å². The number of hydrogen-bond acceptors (Lipinski definition) is 3. The van der Waals surface area contributed by atoms with Gasteiger partial charge in [0, 0.05) is 24.8 Å². The molecule has 1 atom stereocenters. The zero-order chi connectivity index (χ0) is 20.1. The topological polar surface area (TPSA) is 41.6 Å². The molecule has 0 bridgehead atoms. The van der Waals surface area contributed by atoms with Crippen molar-refractivity contribution in [3.63, 3.8) is 0 Å². The van der Waals surface area contributed by atoms with Gasteiger partial charge in [-0.15, -0.1) is 0 Å². The Balaban J connectivity index is 1.81.